The van der Waals surface area contributed by atoms with Gasteiger partial charge in [-0.3, -0.25) is 4.57 Å². The number of hydrogen-bond donors (Lipinski definition) is 1. The van der Waals surface area contributed by atoms with Gasteiger partial charge in [-0.1, -0.05) is 17.4 Å². The van der Waals surface area contributed by atoms with E-state index < -0.39 is 0 Å². The number of rotatable bonds is 4. The summed E-state index contributed by atoms with van der Waals surface area (Å²) in [6.07, 6.45) is 3.65. The molecule has 0 fully saturated rings. The summed E-state index contributed by atoms with van der Waals surface area (Å²) in [5.41, 5.74) is 2.67. The predicted molar refractivity (Wildman–Crippen MR) is 110 cm³/mol. The Morgan fingerprint density at radius 2 is 2.04 bits per heavy atom. The van der Waals surface area contributed by atoms with Gasteiger partial charge in [0.1, 0.15) is 11.6 Å². The lowest BCUT2D eigenvalue weighted by atomic mass is 10.2. The zero-order valence-electron chi connectivity index (χ0n) is 14.9. The summed E-state index contributed by atoms with van der Waals surface area (Å²) in [6, 6.07) is 16.2. The SMILES string of the molecule is CNc1ccnc(Oc2cccc3c2ccn3-c2nc3ccc(F)cc3s2)c1. The lowest BCUT2D eigenvalue weighted by molar-refractivity contribution is 0.468. The molecule has 0 atom stereocenters. The minimum atomic E-state index is -0.257. The number of pyridine rings is 1. The topological polar surface area (TPSA) is 52.0 Å². The van der Waals surface area contributed by atoms with E-state index in [9.17, 15) is 4.39 Å². The molecule has 0 aliphatic heterocycles. The summed E-state index contributed by atoms with van der Waals surface area (Å²) in [4.78, 5) is 8.91. The Morgan fingerprint density at radius 1 is 1.11 bits per heavy atom. The molecule has 5 aromatic rings. The van der Waals surface area contributed by atoms with Gasteiger partial charge in [0.25, 0.3) is 0 Å². The van der Waals surface area contributed by atoms with Crippen molar-refractivity contribution in [1.82, 2.24) is 14.5 Å². The van der Waals surface area contributed by atoms with Crippen LogP contribution < -0.4 is 10.1 Å². The molecule has 28 heavy (non-hydrogen) atoms. The Balaban J connectivity index is 1.57. The van der Waals surface area contributed by atoms with Crippen LogP contribution >= 0.6 is 11.3 Å². The fourth-order valence-corrected chi connectivity index (χ4v) is 4.11. The molecule has 0 bridgehead atoms. The molecule has 3 aromatic heterocycles. The second kappa shape index (κ2) is 6.61. The lowest BCUT2D eigenvalue weighted by Crippen LogP contribution is -1.93. The number of fused-ring (bicyclic) bond motifs is 2. The average Bonchev–Trinajstić information content (AvgIpc) is 3.32. The molecule has 0 amide bonds. The maximum atomic E-state index is 13.5. The van der Waals surface area contributed by atoms with E-state index in [-0.39, 0.29) is 5.82 Å². The number of anilines is 1. The molecule has 138 valence electrons. The van der Waals surface area contributed by atoms with Crippen molar-refractivity contribution in [1.29, 1.82) is 0 Å². The molecule has 0 saturated heterocycles. The average molecular weight is 390 g/mol. The zero-order valence-corrected chi connectivity index (χ0v) is 15.7. The Hall–Kier alpha value is -3.45. The van der Waals surface area contributed by atoms with Gasteiger partial charge in [-0.25, -0.2) is 14.4 Å². The maximum absolute atomic E-state index is 13.5. The van der Waals surface area contributed by atoms with Gasteiger partial charge in [0.05, 0.1) is 15.7 Å². The van der Waals surface area contributed by atoms with Crippen molar-refractivity contribution >= 4 is 38.1 Å². The zero-order chi connectivity index (χ0) is 19.1. The van der Waals surface area contributed by atoms with Crippen molar-refractivity contribution in [2.24, 2.45) is 0 Å². The van der Waals surface area contributed by atoms with Gasteiger partial charge in [0.15, 0.2) is 5.13 Å². The summed E-state index contributed by atoms with van der Waals surface area (Å²) in [6.45, 7) is 0. The van der Waals surface area contributed by atoms with E-state index in [4.69, 9.17) is 4.74 Å². The predicted octanol–water partition coefficient (Wildman–Crippen LogP) is 5.61. The van der Waals surface area contributed by atoms with Gasteiger partial charge in [0.2, 0.25) is 5.88 Å². The van der Waals surface area contributed by atoms with Crippen LogP contribution in [0, 0.1) is 5.82 Å². The second-order valence-corrected chi connectivity index (χ2v) is 7.23. The standard InChI is InChI=1S/C21H15FN4OS/c1-23-14-7-9-24-20(12-14)27-18-4-2-3-17-15(18)8-10-26(17)21-25-16-6-5-13(22)11-19(16)28-21/h2-12H,1H3,(H,23,24). The van der Waals surface area contributed by atoms with E-state index >= 15 is 0 Å². The number of thiazole rings is 1. The molecule has 0 radical (unpaired) electrons. The van der Waals surface area contributed by atoms with Gasteiger partial charge in [-0.15, -0.1) is 0 Å². The molecular formula is C21H15FN4OS. The van der Waals surface area contributed by atoms with Gasteiger partial charge < -0.3 is 10.1 Å². The fraction of sp³-hybridized carbons (Fsp3) is 0.0476. The van der Waals surface area contributed by atoms with Crippen LogP contribution in [0.5, 0.6) is 11.6 Å². The molecule has 3 heterocycles. The van der Waals surface area contributed by atoms with E-state index in [0.717, 1.165) is 31.9 Å². The largest absolute Gasteiger partial charge is 0.438 e. The van der Waals surface area contributed by atoms with Gasteiger partial charge in [-0.2, -0.15) is 0 Å². The normalized spacial score (nSPS) is 11.2. The fourth-order valence-electron chi connectivity index (χ4n) is 3.12. The number of ether oxygens (including phenoxy) is 1. The summed E-state index contributed by atoms with van der Waals surface area (Å²) >= 11 is 1.45. The molecule has 0 unspecified atom stereocenters. The van der Waals surface area contributed by atoms with Gasteiger partial charge in [-0.05, 0) is 42.5 Å². The summed E-state index contributed by atoms with van der Waals surface area (Å²) < 4.78 is 22.3. The molecule has 5 nitrogen and oxygen atoms in total. The first kappa shape index (κ1) is 16.7. The first-order valence-corrected chi connectivity index (χ1v) is 9.51. The minimum Gasteiger partial charge on any atom is -0.438 e. The number of nitrogens with zero attached hydrogens (tertiary/aromatic N) is 3. The van der Waals surface area contributed by atoms with E-state index in [0.29, 0.717) is 11.6 Å². The smallest absolute Gasteiger partial charge is 0.221 e. The van der Waals surface area contributed by atoms with Crippen LogP contribution in [-0.4, -0.2) is 21.6 Å². The highest BCUT2D eigenvalue weighted by atomic mass is 32.1. The Labute approximate surface area is 164 Å². The van der Waals surface area contributed by atoms with E-state index in [1.807, 2.05) is 54.2 Å². The van der Waals surface area contributed by atoms with E-state index in [2.05, 4.69) is 15.3 Å². The van der Waals surface area contributed by atoms with Crippen LogP contribution in [0.25, 0.3) is 26.3 Å². The third kappa shape index (κ3) is 2.86. The van der Waals surface area contributed by atoms with Crippen LogP contribution in [0.1, 0.15) is 0 Å². The Kier molecular flexibility index (Phi) is 3.95. The van der Waals surface area contributed by atoms with Crippen molar-refractivity contribution in [3.63, 3.8) is 0 Å². The van der Waals surface area contributed by atoms with Crippen LogP contribution in [0.3, 0.4) is 0 Å². The first-order chi connectivity index (χ1) is 13.7. The summed E-state index contributed by atoms with van der Waals surface area (Å²) in [5, 5.41) is 4.80. The number of halogens is 1. The highest BCUT2D eigenvalue weighted by Gasteiger charge is 2.13. The van der Waals surface area contributed by atoms with Crippen molar-refractivity contribution < 1.29 is 9.13 Å². The van der Waals surface area contributed by atoms with Crippen molar-refractivity contribution in [2.45, 2.75) is 0 Å². The Bertz CT molecular complexity index is 1310. The molecule has 2 aromatic carbocycles. The van der Waals surface area contributed by atoms with Crippen molar-refractivity contribution in [3.05, 3.63) is 72.8 Å². The highest BCUT2D eigenvalue weighted by Crippen LogP contribution is 2.34. The lowest BCUT2D eigenvalue weighted by Gasteiger charge is -2.08. The minimum absolute atomic E-state index is 0.257. The molecule has 0 aliphatic carbocycles. The van der Waals surface area contributed by atoms with Crippen molar-refractivity contribution in [2.75, 3.05) is 12.4 Å². The molecule has 0 saturated carbocycles. The van der Waals surface area contributed by atoms with E-state index in [1.54, 1.807) is 12.3 Å². The Morgan fingerprint density at radius 3 is 2.93 bits per heavy atom. The number of benzene rings is 2. The number of nitrogens with one attached hydrogen (secondary N) is 1. The molecule has 0 aliphatic rings. The van der Waals surface area contributed by atoms with Gasteiger partial charge >= 0.3 is 0 Å². The highest BCUT2D eigenvalue weighted by molar-refractivity contribution is 7.20. The van der Waals surface area contributed by atoms with Crippen LogP contribution in [0.15, 0.2) is 67.0 Å². The molecule has 7 heteroatoms. The molecule has 1 N–H and O–H groups in total. The monoisotopic (exact) mass is 390 g/mol. The van der Waals surface area contributed by atoms with Crippen LogP contribution in [-0.2, 0) is 0 Å². The second-order valence-electron chi connectivity index (χ2n) is 6.22. The number of hydrogen-bond acceptors (Lipinski definition) is 5. The van der Waals surface area contributed by atoms with Crippen molar-refractivity contribution in [3.8, 4) is 16.8 Å². The third-order valence-electron chi connectivity index (χ3n) is 4.48. The molecule has 0 spiro atoms. The third-order valence-corrected chi connectivity index (χ3v) is 5.49. The van der Waals surface area contributed by atoms with Crippen LogP contribution in [0.2, 0.25) is 0 Å². The van der Waals surface area contributed by atoms with E-state index in [1.165, 1.54) is 23.5 Å². The van der Waals surface area contributed by atoms with Crippen LogP contribution in [0.4, 0.5) is 10.1 Å². The number of aromatic nitrogens is 3. The summed E-state index contributed by atoms with van der Waals surface area (Å²) in [5.74, 6) is 0.971. The summed E-state index contributed by atoms with van der Waals surface area (Å²) in [7, 11) is 1.85. The quantitative estimate of drug-likeness (QED) is 0.433. The maximum Gasteiger partial charge on any atom is 0.221 e. The first-order valence-electron chi connectivity index (χ1n) is 8.69. The molecule has 5 rings (SSSR count). The van der Waals surface area contributed by atoms with Gasteiger partial charge in [0, 0.05) is 36.6 Å². The molecular weight excluding hydrogens is 375 g/mol.